The van der Waals surface area contributed by atoms with Crippen molar-refractivity contribution in [2.24, 2.45) is 0 Å². The Balaban J connectivity index is 0.000000291. The summed E-state index contributed by atoms with van der Waals surface area (Å²) in [5.41, 5.74) is 0. The zero-order valence-corrected chi connectivity index (χ0v) is 5.49. The molecule has 9 heavy (non-hydrogen) atoms. The van der Waals surface area contributed by atoms with E-state index in [0.29, 0.717) is 0 Å². The van der Waals surface area contributed by atoms with Crippen LogP contribution < -0.4 is 0 Å². The summed E-state index contributed by atoms with van der Waals surface area (Å²) in [6.07, 6.45) is 0. The van der Waals surface area contributed by atoms with Gasteiger partial charge in [0.2, 0.25) is 0 Å². The van der Waals surface area contributed by atoms with Gasteiger partial charge < -0.3 is 0 Å². The first-order chi connectivity index (χ1) is 4.39. The maximum Gasteiger partial charge on any atom is 0.123 e. The van der Waals surface area contributed by atoms with E-state index in [1.165, 1.54) is 12.1 Å². The number of benzene rings is 1. The molecule has 0 amide bonds. The van der Waals surface area contributed by atoms with Crippen molar-refractivity contribution in [3.63, 3.8) is 0 Å². The van der Waals surface area contributed by atoms with E-state index in [1.807, 2.05) is 0 Å². The van der Waals surface area contributed by atoms with E-state index in [-0.39, 0.29) is 5.82 Å². The molecule has 0 fully saturated rings. The lowest BCUT2D eigenvalue weighted by Crippen LogP contribution is -1.63. The molecule has 3 heteroatoms. The maximum absolute atomic E-state index is 11.9. The Kier molecular flexibility index (Phi) is 4.82. The van der Waals surface area contributed by atoms with Crippen molar-refractivity contribution in [2.45, 2.75) is 0 Å². The topological polar surface area (TPSA) is 23.9 Å². The van der Waals surface area contributed by atoms with Crippen LogP contribution in [0.4, 0.5) is 4.39 Å². The van der Waals surface area contributed by atoms with Crippen LogP contribution in [0.5, 0.6) is 0 Å². The summed E-state index contributed by atoms with van der Waals surface area (Å²) >= 11 is 3.33. The third-order valence-corrected chi connectivity index (χ3v) is 0.733. The summed E-state index contributed by atoms with van der Waals surface area (Å²) in [7, 11) is 0. The molecule has 0 aliphatic heterocycles. The number of hydrogen-bond donors (Lipinski definition) is 1. The van der Waals surface area contributed by atoms with Gasteiger partial charge >= 0.3 is 0 Å². The third-order valence-electron chi connectivity index (χ3n) is 0.733. The quantitative estimate of drug-likeness (QED) is 0.591. The summed E-state index contributed by atoms with van der Waals surface area (Å²) in [5.74, 6) is -0.178. The predicted molar refractivity (Wildman–Crippen MR) is 36.5 cm³/mol. The highest BCUT2D eigenvalue weighted by Crippen LogP contribution is 1.91. The molecule has 1 nitrogen and oxygen atoms in total. The van der Waals surface area contributed by atoms with Crippen molar-refractivity contribution < 1.29 is 4.39 Å². The summed E-state index contributed by atoms with van der Waals surface area (Å²) in [6, 6.07) is 7.94. The monoisotopic (exact) mass is 143 g/mol. The van der Waals surface area contributed by atoms with E-state index >= 15 is 0 Å². The van der Waals surface area contributed by atoms with Crippen LogP contribution >= 0.6 is 0 Å². The van der Waals surface area contributed by atoms with Gasteiger partial charge in [-0.15, -0.1) is 0 Å². The highest BCUT2D eigenvalue weighted by Gasteiger charge is 1.77. The van der Waals surface area contributed by atoms with E-state index < -0.39 is 0 Å². The fraction of sp³-hybridized carbons (Fsp3) is 0. The summed E-state index contributed by atoms with van der Waals surface area (Å²) in [5, 5.41) is 0. The lowest BCUT2D eigenvalue weighted by molar-refractivity contribution is 0.628. The number of rotatable bonds is 0. The molecular formula is C6H6FNS. The van der Waals surface area contributed by atoms with Crippen molar-refractivity contribution in [1.82, 2.24) is 0 Å². The third kappa shape index (κ3) is 3.73. The highest BCUT2D eigenvalue weighted by atomic mass is 32.1. The Bertz CT molecular complexity index is 154. The van der Waals surface area contributed by atoms with Crippen LogP contribution in [0.2, 0.25) is 0 Å². The molecule has 1 N–H and O–H groups in total. The molecule has 0 aliphatic rings. The molecule has 0 heterocycles. The van der Waals surface area contributed by atoms with Gasteiger partial charge in [-0.2, -0.15) is 0 Å². The molecule has 0 spiro atoms. The van der Waals surface area contributed by atoms with Crippen LogP contribution in [0.15, 0.2) is 30.3 Å². The van der Waals surface area contributed by atoms with Crippen LogP contribution in [0.25, 0.3) is 0 Å². The van der Waals surface area contributed by atoms with E-state index in [2.05, 4.69) is 12.4 Å². The maximum atomic E-state index is 11.9. The first-order valence-corrected chi connectivity index (χ1v) is 2.71. The standard InChI is InChI=1S/C6H5F.HNS/c7-6-4-2-1-3-5-6;1-2/h1-5H;1H. The molecule has 48 valence electrons. The molecule has 1 rings (SSSR count). The number of nitrogens with one attached hydrogen (secondary N) is 1. The smallest absolute Gasteiger partial charge is 0.123 e. The largest absolute Gasteiger partial charge is 0.235 e. The lowest BCUT2D eigenvalue weighted by Gasteiger charge is -1.78. The zero-order chi connectivity index (χ0) is 7.11. The summed E-state index contributed by atoms with van der Waals surface area (Å²) < 4.78 is 17.2. The molecule has 0 aliphatic carbocycles. The van der Waals surface area contributed by atoms with Gasteiger partial charge in [-0.05, 0) is 12.1 Å². The lowest BCUT2D eigenvalue weighted by atomic mass is 10.4. The van der Waals surface area contributed by atoms with Crippen molar-refractivity contribution in [3.05, 3.63) is 36.1 Å². The van der Waals surface area contributed by atoms with E-state index in [9.17, 15) is 4.39 Å². The second-order valence-electron chi connectivity index (χ2n) is 1.30. The van der Waals surface area contributed by atoms with E-state index in [0.717, 1.165) is 0 Å². The van der Waals surface area contributed by atoms with Crippen molar-refractivity contribution >= 4 is 12.4 Å². The van der Waals surface area contributed by atoms with Gasteiger partial charge in [-0.25, -0.2) is 9.17 Å². The molecule has 0 aromatic heterocycles. The van der Waals surface area contributed by atoms with Gasteiger partial charge in [0, 0.05) is 12.4 Å². The minimum absolute atomic E-state index is 0.178. The Labute approximate surface area is 58.5 Å². The summed E-state index contributed by atoms with van der Waals surface area (Å²) in [6.45, 7) is 0. The van der Waals surface area contributed by atoms with Gasteiger partial charge in [0.25, 0.3) is 0 Å². The minimum Gasteiger partial charge on any atom is -0.235 e. The fourth-order valence-electron chi connectivity index (χ4n) is 0.415. The van der Waals surface area contributed by atoms with Gasteiger partial charge in [0.05, 0.1) is 0 Å². The zero-order valence-electron chi connectivity index (χ0n) is 4.67. The highest BCUT2D eigenvalue weighted by molar-refractivity contribution is 7.45. The normalized spacial score (nSPS) is 7.22. The molecule has 0 radical (unpaired) electrons. The summed E-state index contributed by atoms with van der Waals surface area (Å²) in [4.78, 5) is 0. The molecule has 0 unspecified atom stereocenters. The molecular weight excluding hydrogens is 137 g/mol. The van der Waals surface area contributed by atoms with Gasteiger partial charge in [-0.1, -0.05) is 18.2 Å². The van der Waals surface area contributed by atoms with Crippen molar-refractivity contribution in [2.75, 3.05) is 0 Å². The SMILES string of the molecule is Fc1ccccc1.N=S. The van der Waals surface area contributed by atoms with Crippen LogP contribution in [0, 0.1) is 10.6 Å². The average Bonchev–Trinajstić information content (AvgIpc) is 1.94. The van der Waals surface area contributed by atoms with Crippen molar-refractivity contribution in [3.8, 4) is 0 Å². The second kappa shape index (κ2) is 5.31. The Morgan fingerprint density at radius 1 is 1.11 bits per heavy atom. The van der Waals surface area contributed by atoms with Crippen molar-refractivity contribution in [1.29, 1.82) is 4.78 Å². The van der Waals surface area contributed by atoms with Gasteiger partial charge in [0.1, 0.15) is 5.82 Å². The minimum atomic E-state index is -0.178. The van der Waals surface area contributed by atoms with E-state index in [4.69, 9.17) is 4.78 Å². The molecule has 1 aromatic carbocycles. The first-order valence-electron chi connectivity index (χ1n) is 2.30. The molecule has 0 atom stereocenters. The van der Waals surface area contributed by atoms with E-state index in [1.54, 1.807) is 18.2 Å². The van der Waals surface area contributed by atoms with Gasteiger partial charge in [0.15, 0.2) is 0 Å². The molecule has 0 saturated carbocycles. The first kappa shape index (κ1) is 8.17. The van der Waals surface area contributed by atoms with Crippen LogP contribution in [-0.4, -0.2) is 0 Å². The average molecular weight is 143 g/mol. The van der Waals surface area contributed by atoms with Crippen LogP contribution in [0.3, 0.4) is 0 Å². The Hall–Kier alpha value is -0.830. The Morgan fingerprint density at radius 3 is 1.78 bits per heavy atom. The molecule has 1 aromatic rings. The van der Waals surface area contributed by atoms with Gasteiger partial charge in [-0.3, -0.25) is 0 Å². The molecule has 0 bridgehead atoms. The second-order valence-corrected chi connectivity index (χ2v) is 1.30. The van der Waals surface area contributed by atoms with Crippen LogP contribution in [0.1, 0.15) is 0 Å². The fourth-order valence-corrected chi connectivity index (χ4v) is 0.415. The number of halogens is 1. The Morgan fingerprint density at radius 2 is 1.56 bits per heavy atom. The van der Waals surface area contributed by atoms with Crippen LogP contribution in [-0.2, 0) is 12.4 Å². The molecule has 0 saturated heterocycles. The number of hydrogen-bond acceptors (Lipinski definition) is 2. The predicted octanol–water partition coefficient (Wildman–Crippen LogP) is 2.12.